The number of nitrogens with zero attached hydrogens (tertiary/aromatic N) is 1. The molecule has 1 heterocycles. The van der Waals surface area contributed by atoms with Gasteiger partial charge in [-0.2, -0.15) is 0 Å². The molecule has 2 atom stereocenters. The minimum atomic E-state index is -0.883. The monoisotopic (exact) mass is 481 g/mol. The topological polar surface area (TPSA) is 43.1 Å². The molecule has 6 heteroatoms. The van der Waals surface area contributed by atoms with Gasteiger partial charge in [-0.15, -0.1) is 11.8 Å². The zero-order valence-corrected chi connectivity index (χ0v) is 20.2. The normalized spacial score (nSPS) is 20.4. The van der Waals surface area contributed by atoms with Gasteiger partial charge in [-0.05, 0) is 23.3 Å². The number of benzene rings is 3. The molecule has 0 saturated carbocycles. The minimum absolute atomic E-state index is 0.0739. The van der Waals surface area contributed by atoms with Gasteiger partial charge in [0.15, 0.2) is 0 Å². The SMILES string of the molecule is C[N+]1(CCCSc2cc(F)cc(F)c2)CCC(C(C(N)=O)(c2ccccc2)c2ccccc2)C1. The lowest BCUT2D eigenvalue weighted by atomic mass is 9.64. The van der Waals surface area contributed by atoms with E-state index in [0.717, 1.165) is 59.9 Å². The summed E-state index contributed by atoms with van der Waals surface area (Å²) in [4.78, 5) is 13.9. The van der Waals surface area contributed by atoms with Crippen molar-refractivity contribution in [2.24, 2.45) is 11.7 Å². The molecule has 178 valence electrons. The maximum absolute atomic E-state index is 13.4. The highest BCUT2D eigenvalue weighted by molar-refractivity contribution is 7.99. The van der Waals surface area contributed by atoms with Crippen LogP contribution in [0.1, 0.15) is 24.0 Å². The van der Waals surface area contributed by atoms with E-state index in [9.17, 15) is 13.6 Å². The Labute approximate surface area is 204 Å². The van der Waals surface area contributed by atoms with Crippen molar-refractivity contribution < 1.29 is 18.1 Å². The summed E-state index contributed by atoms with van der Waals surface area (Å²) in [5.74, 6) is -0.557. The van der Waals surface area contributed by atoms with E-state index in [1.807, 2.05) is 60.7 Å². The Morgan fingerprint density at radius 2 is 1.56 bits per heavy atom. The second-order valence-corrected chi connectivity index (χ2v) is 10.6. The van der Waals surface area contributed by atoms with Gasteiger partial charge in [-0.25, -0.2) is 8.78 Å². The lowest BCUT2D eigenvalue weighted by Gasteiger charge is -2.38. The number of amides is 1. The molecule has 2 N–H and O–H groups in total. The zero-order chi connectivity index (χ0) is 24.2. The molecular weight excluding hydrogens is 450 g/mol. The van der Waals surface area contributed by atoms with Crippen molar-refractivity contribution in [2.45, 2.75) is 23.2 Å². The Kier molecular flexibility index (Phi) is 7.39. The van der Waals surface area contributed by atoms with Crippen LogP contribution < -0.4 is 5.73 Å². The van der Waals surface area contributed by atoms with Gasteiger partial charge in [0.2, 0.25) is 5.91 Å². The van der Waals surface area contributed by atoms with E-state index in [1.54, 1.807) is 0 Å². The number of hydrogen-bond acceptors (Lipinski definition) is 2. The quantitative estimate of drug-likeness (QED) is 0.253. The van der Waals surface area contributed by atoms with Crippen molar-refractivity contribution in [1.29, 1.82) is 0 Å². The van der Waals surface area contributed by atoms with Gasteiger partial charge in [-0.1, -0.05) is 60.7 Å². The van der Waals surface area contributed by atoms with Crippen LogP contribution in [-0.4, -0.2) is 42.8 Å². The molecule has 34 heavy (non-hydrogen) atoms. The van der Waals surface area contributed by atoms with Gasteiger partial charge >= 0.3 is 0 Å². The maximum Gasteiger partial charge on any atom is 0.233 e. The minimum Gasteiger partial charge on any atom is -0.369 e. The van der Waals surface area contributed by atoms with Crippen LogP contribution in [0, 0.1) is 17.6 Å². The van der Waals surface area contributed by atoms with Gasteiger partial charge < -0.3 is 10.2 Å². The van der Waals surface area contributed by atoms with Crippen LogP contribution in [-0.2, 0) is 10.2 Å². The van der Waals surface area contributed by atoms with Gasteiger partial charge in [0.1, 0.15) is 17.0 Å². The number of thioether (sulfide) groups is 1. The van der Waals surface area contributed by atoms with Crippen LogP contribution in [0.3, 0.4) is 0 Å². The summed E-state index contributed by atoms with van der Waals surface area (Å²) in [5, 5.41) is 0. The van der Waals surface area contributed by atoms with E-state index in [4.69, 9.17) is 5.73 Å². The maximum atomic E-state index is 13.4. The number of likely N-dealkylation sites (tertiary alicyclic amines) is 1. The zero-order valence-electron chi connectivity index (χ0n) is 19.4. The van der Waals surface area contributed by atoms with Crippen molar-refractivity contribution in [3.8, 4) is 0 Å². The molecule has 3 nitrogen and oxygen atoms in total. The molecule has 0 bridgehead atoms. The number of quaternary nitrogens is 1. The van der Waals surface area contributed by atoms with E-state index < -0.39 is 17.0 Å². The van der Waals surface area contributed by atoms with Crippen molar-refractivity contribution in [3.63, 3.8) is 0 Å². The van der Waals surface area contributed by atoms with Crippen molar-refractivity contribution in [1.82, 2.24) is 0 Å². The van der Waals surface area contributed by atoms with E-state index in [1.165, 1.54) is 23.9 Å². The fraction of sp³-hybridized carbons (Fsp3) is 0.321. The summed E-state index contributed by atoms with van der Waals surface area (Å²) in [6, 6.07) is 23.4. The van der Waals surface area contributed by atoms with E-state index in [0.29, 0.717) is 4.90 Å². The number of primary amides is 1. The summed E-state index contributed by atoms with van der Waals surface area (Å²) in [5.41, 5.74) is 7.20. The first-order valence-corrected chi connectivity index (χ1v) is 12.7. The van der Waals surface area contributed by atoms with Crippen LogP contribution in [0.15, 0.2) is 83.8 Å². The molecule has 3 aromatic carbocycles. The Bertz CT molecular complexity index is 1070. The first-order chi connectivity index (χ1) is 16.3. The largest absolute Gasteiger partial charge is 0.369 e. The van der Waals surface area contributed by atoms with Crippen molar-refractivity contribution in [3.05, 3.63) is 102 Å². The van der Waals surface area contributed by atoms with E-state index >= 15 is 0 Å². The summed E-state index contributed by atoms with van der Waals surface area (Å²) in [6.45, 7) is 2.73. The highest BCUT2D eigenvalue weighted by Gasteiger charge is 2.53. The molecule has 1 aliphatic heterocycles. The number of hydrogen-bond donors (Lipinski definition) is 1. The Morgan fingerprint density at radius 3 is 2.09 bits per heavy atom. The molecule has 1 fully saturated rings. The van der Waals surface area contributed by atoms with Crippen LogP contribution in [0.2, 0.25) is 0 Å². The van der Waals surface area contributed by atoms with E-state index in [-0.39, 0.29) is 11.8 Å². The van der Waals surface area contributed by atoms with Gasteiger partial charge in [-0.3, -0.25) is 4.79 Å². The standard InChI is InChI=1S/C28H30F2N2OS/c1-32(14-8-16-34-26-18-24(29)17-25(30)19-26)15-13-23(20-32)28(27(31)33,21-9-4-2-5-10-21)22-11-6-3-7-12-22/h2-7,9-12,17-19,23H,8,13-16,20H2,1H3,(H-,31,33)/p+1. The molecule has 1 aliphatic rings. The fourth-order valence-electron chi connectivity index (χ4n) is 5.51. The lowest BCUT2D eigenvalue weighted by Crippen LogP contribution is -2.51. The smallest absolute Gasteiger partial charge is 0.233 e. The molecule has 4 rings (SSSR count). The number of rotatable bonds is 9. The lowest BCUT2D eigenvalue weighted by molar-refractivity contribution is -0.899. The van der Waals surface area contributed by atoms with Gasteiger partial charge in [0, 0.05) is 35.5 Å². The molecule has 0 aliphatic carbocycles. The number of carbonyl (C=O) groups is 1. The first-order valence-electron chi connectivity index (χ1n) is 11.7. The number of carbonyl (C=O) groups excluding carboxylic acids is 1. The van der Waals surface area contributed by atoms with Crippen LogP contribution in [0.5, 0.6) is 0 Å². The van der Waals surface area contributed by atoms with Crippen LogP contribution in [0.4, 0.5) is 8.78 Å². The predicted molar refractivity (Wildman–Crippen MR) is 133 cm³/mol. The second kappa shape index (κ2) is 10.3. The van der Waals surface area contributed by atoms with Crippen LogP contribution in [0.25, 0.3) is 0 Å². The highest BCUT2D eigenvalue weighted by Crippen LogP contribution is 2.45. The summed E-state index contributed by atoms with van der Waals surface area (Å²) in [6.07, 6.45) is 1.80. The molecule has 0 radical (unpaired) electrons. The fourth-order valence-corrected chi connectivity index (χ4v) is 6.41. The summed E-state index contributed by atoms with van der Waals surface area (Å²) >= 11 is 1.47. The Hall–Kier alpha value is -2.70. The summed E-state index contributed by atoms with van der Waals surface area (Å²) in [7, 11) is 2.23. The third kappa shape index (κ3) is 5.03. The predicted octanol–water partition coefficient (Wildman–Crippen LogP) is 5.39. The molecule has 0 aromatic heterocycles. The van der Waals surface area contributed by atoms with Crippen LogP contribution >= 0.6 is 11.8 Å². The Balaban J connectivity index is 1.51. The third-order valence-corrected chi connectivity index (χ3v) is 8.15. The molecule has 2 unspecified atom stereocenters. The third-order valence-electron chi connectivity index (χ3n) is 7.08. The average Bonchev–Trinajstić information content (AvgIpc) is 3.20. The molecule has 3 aromatic rings. The molecular formula is C28H31F2N2OS+. The highest BCUT2D eigenvalue weighted by atomic mass is 32.2. The molecule has 1 amide bonds. The molecule has 1 saturated heterocycles. The molecule has 0 spiro atoms. The van der Waals surface area contributed by atoms with E-state index in [2.05, 4.69) is 7.05 Å². The Morgan fingerprint density at radius 1 is 1.00 bits per heavy atom. The first kappa shape index (κ1) is 24.4. The van der Waals surface area contributed by atoms with Gasteiger partial charge in [0.25, 0.3) is 0 Å². The van der Waals surface area contributed by atoms with Crippen molar-refractivity contribution >= 4 is 17.7 Å². The van der Waals surface area contributed by atoms with Gasteiger partial charge in [0.05, 0.1) is 26.7 Å². The van der Waals surface area contributed by atoms with Crippen molar-refractivity contribution in [2.75, 3.05) is 32.4 Å². The average molecular weight is 482 g/mol. The second-order valence-electron chi connectivity index (χ2n) is 9.45. The number of nitrogens with two attached hydrogens (primary N) is 1. The summed E-state index contributed by atoms with van der Waals surface area (Å²) < 4.78 is 27.7. The number of halogens is 2.